The van der Waals surface area contributed by atoms with Crippen LogP contribution in [0.3, 0.4) is 0 Å². The van der Waals surface area contributed by atoms with Crippen LogP contribution >= 0.6 is 0 Å². The van der Waals surface area contributed by atoms with Crippen LogP contribution in [0.5, 0.6) is 0 Å². The fraction of sp³-hybridized carbons (Fsp3) is 0.421. The van der Waals surface area contributed by atoms with Crippen molar-refractivity contribution in [2.24, 2.45) is 5.92 Å². The second-order valence-corrected chi connectivity index (χ2v) is 7.34. The number of carbonyl (C=O) groups excluding carboxylic acids is 1. The number of anilines is 2. The monoisotopic (exact) mass is 326 g/mol. The van der Waals surface area contributed by atoms with Gasteiger partial charge in [-0.15, -0.1) is 0 Å². The van der Waals surface area contributed by atoms with Crippen molar-refractivity contribution >= 4 is 17.4 Å². The first-order chi connectivity index (χ1) is 11.3. The zero-order valence-corrected chi connectivity index (χ0v) is 15.1. The molecular formula is C19H26N4O. The van der Waals surface area contributed by atoms with Crippen LogP contribution in [0.1, 0.15) is 50.7 Å². The van der Waals surface area contributed by atoms with Gasteiger partial charge in [-0.25, -0.2) is 9.97 Å². The van der Waals surface area contributed by atoms with E-state index in [2.05, 4.69) is 67.4 Å². The molecule has 5 nitrogen and oxygen atoms in total. The van der Waals surface area contributed by atoms with Gasteiger partial charge in [0.1, 0.15) is 17.8 Å². The highest BCUT2D eigenvalue weighted by molar-refractivity contribution is 5.92. The van der Waals surface area contributed by atoms with Gasteiger partial charge in [0.05, 0.1) is 0 Å². The number of hydrogen-bond acceptors (Lipinski definition) is 4. The average molecular weight is 326 g/mol. The lowest BCUT2D eigenvalue weighted by Gasteiger charge is -2.19. The number of nitrogens with zero attached hydrogens (tertiary/aromatic N) is 2. The van der Waals surface area contributed by atoms with E-state index in [0.29, 0.717) is 24.0 Å². The molecule has 5 heteroatoms. The van der Waals surface area contributed by atoms with Crippen molar-refractivity contribution in [3.63, 3.8) is 0 Å². The number of benzene rings is 1. The summed E-state index contributed by atoms with van der Waals surface area (Å²) in [4.78, 5) is 20.3. The first-order valence-electron chi connectivity index (χ1n) is 8.23. The van der Waals surface area contributed by atoms with E-state index in [1.54, 1.807) is 6.07 Å². The summed E-state index contributed by atoms with van der Waals surface area (Å²) in [5, 5.41) is 6.07. The molecule has 0 fully saturated rings. The number of hydrogen-bond donors (Lipinski definition) is 2. The average Bonchev–Trinajstić information content (AvgIpc) is 2.52. The summed E-state index contributed by atoms with van der Waals surface area (Å²) in [5.74, 6) is 0.815. The quantitative estimate of drug-likeness (QED) is 0.874. The minimum Gasteiger partial charge on any atom is -0.350 e. The summed E-state index contributed by atoms with van der Waals surface area (Å²) >= 11 is 0. The fourth-order valence-corrected chi connectivity index (χ4v) is 2.14. The molecule has 0 aliphatic rings. The highest BCUT2D eigenvalue weighted by Crippen LogP contribution is 2.24. The Bertz CT molecular complexity index is 687. The van der Waals surface area contributed by atoms with E-state index in [1.807, 2.05) is 12.1 Å². The van der Waals surface area contributed by atoms with Crippen LogP contribution in [-0.2, 0) is 5.41 Å². The number of amides is 1. The Morgan fingerprint density at radius 2 is 1.79 bits per heavy atom. The number of rotatable bonds is 5. The zero-order valence-electron chi connectivity index (χ0n) is 15.1. The number of aromatic nitrogens is 2. The Morgan fingerprint density at radius 1 is 1.12 bits per heavy atom. The predicted octanol–water partition coefficient (Wildman–Crippen LogP) is 3.90. The van der Waals surface area contributed by atoms with Gasteiger partial charge in [0.2, 0.25) is 0 Å². The maximum Gasteiger partial charge on any atom is 0.270 e. The van der Waals surface area contributed by atoms with Crippen molar-refractivity contribution in [2.45, 2.75) is 40.0 Å². The fourth-order valence-electron chi connectivity index (χ4n) is 2.14. The summed E-state index contributed by atoms with van der Waals surface area (Å²) < 4.78 is 0. The Balaban J connectivity index is 2.08. The second kappa shape index (κ2) is 7.43. The van der Waals surface area contributed by atoms with Gasteiger partial charge in [-0.3, -0.25) is 4.79 Å². The third kappa shape index (κ3) is 5.05. The summed E-state index contributed by atoms with van der Waals surface area (Å²) in [6, 6.07) is 9.88. The van der Waals surface area contributed by atoms with E-state index < -0.39 is 0 Å². The molecule has 0 saturated carbocycles. The van der Waals surface area contributed by atoms with Crippen LogP contribution in [0, 0.1) is 5.92 Å². The molecule has 0 aliphatic heterocycles. The van der Waals surface area contributed by atoms with Gasteiger partial charge in [-0.05, 0) is 29.0 Å². The summed E-state index contributed by atoms with van der Waals surface area (Å²) in [6.07, 6.45) is 1.40. The third-order valence-electron chi connectivity index (χ3n) is 3.59. The Kier molecular flexibility index (Phi) is 5.54. The second-order valence-electron chi connectivity index (χ2n) is 7.34. The highest BCUT2D eigenvalue weighted by Gasteiger charge is 2.13. The number of carbonyl (C=O) groups is 1. The molecule has 0 saturated heterocycles. The maximum atomic E-state index is 12.1. The molecule has 1 aromatic carbocycles. The van der Waals surface area contributed by atoms with Gasteiger partial charge in [0.15, 0.2) is 0 Å². The number of nitrogens with one attached hydrogen (secondary N) is 2. The van der Waals surface area contributed by atoms with Gasteiger partial charge in [-0.1, -0.05) is 46.8 Å². The minimum absolute atomic E-state index is 0.120. The Morgan fingerprint density at radius 3 is 2.38 bits per heavy atom. The first-order valence-corrected chi connectivity index (χ1v) is 8.23. The van der Waals surface area contributed by atoms with Crippen LogP contribution in [0.4, 0.5) is 11.5 Å². The van der Waals surface area contributed by atoms with Crippen molar-refractivity contribution in [3.05, 3.63) is 47.9 Å². The molecule has 2 N–H and O–H groups in total. The van der Waals surface area contributed by atoms with Crippen LogP contribution < -0.4 is 10.6 Å². The van der Waals surface area contributed by atoms with Gasteiger partial charge in [-0.2, -0.15) is 0 Å². The van der Waals surface area contributed by atoms with Crippen molar-refractivity contribution in [1.29, 1.82) is 0 Å². The molecule has 24 heavy (non-hydrogen) atoms. The molecule has 0 radical (unpaired) electrons. The molecule has 0 aliphatic carbocycles. The molecule has 2 rings (SSSR count). The smallest absolute Gasteiger partial charge is 0.270 e. The van der Waals surface area contributed by atoms with E-state index >= 15 is 0 Å². The molecule has 2 aromatic rings. The van der Waals surface area contributed by atoms with E-state index in [0.717, 1.165) is 5.69 Å². The van der Waals surface area contributed by atoms with Crippen LogP contribution in [0.25, 0.3) is 0 Å². The Hall–Kier alpha value is -2.43. The van der Waals surface area contributed by atoms with Crippen molar-refractivity contribution in [1.82, 2.24) is 15.3 Å². The van der Waals surface area contributed by atoms with E-state index in [4.69, 9.17) is 0 Å². The maximum absolute atomic E-state index is 12.1. The third-order valence-corrected chi connectivity index (χ3v) is 3.59. The van der Waals surface area contributed by atoms with Gasteiger partial charge < -0.3 is 10.6 Å². The van der Waals surface area contributed by atoms with Gasteiger partial charge >= 0.3 is 0 Å². The molecule has 1 heterocycles. The first kappa shape index (κ1) is 17.9. The molecule has 128 valence electrons. The Labute approximate surface area is 143 Å². The van der Waals surface area contributed by atoms with Gasteiger partial charge in [0, 0.05) is 18.3 Å². The molecule has 0 atom stereocenters. The van der Waals surface area contributed by atoms with E-state index in [9.17, 15) is 4.79 Å². The molecule has 1 amide bonds. The zero-order chi connectivity index (χ0) is 17.7. The van der Waals surface area contributed by atoms with E-state index in [1.165, 1.54) is 11.9 Å². The van der Waals surface area contributed by atoms with Crippen molar-refractivity contribution in [2.75, 3.05) is 11.9 Å². The molecule has 0 spiro atoms. The van der Waals surface area contributed by atoms with Crippen LogP contribution in [-0.4, -0.2) is 22.4 Å². The minimum atomic E-state index is -0.183. The lowest BCUT2D eigenvalue weighted by atomic mass is 9.87. The van der Waals surface area contributed by atoms with Crippen molar-refractivity contribution < 1.29 is 4.79 Å². The van der Waals surface area contributed by atoms with Crippen LogP contribution in [0.15, 0.2) is 36.7 Å². The molecule has 1 aromatic heterocycles. The topological polar surface area (TPSA) is 66.9 Å². The van der Waals surface area contributed by atoms with Crippen LogP contribution in [0.2, 0.25) is 0 Å². The molecule has 0 bridgehead atoms. The normalized spacial score (nSPS) is 11.4. The standard InChI is InChI=1S/C19H26N4O/c1-13(2)11-20-18(24)16-10-17(22-12-21-16)23-15-8-6-14(7-9-15)19(3,4)5/h6-10,12-13H,11H2,1-5H3,(H,20,24)(H,21,22,23). The molecule has 0 unspecified atom stereocenters. The van der Waals surface area contributed by atoms with E-state index in [-0.39, 0.29) is 11.3 Å². The molecular weight excluding hydrogens is 300 g/mol. The lowest BCUT2D eigenvalue weighted by Crippen LogP contribution is -2.28. The summed E-state index contributed by atoms with van der Waals surface area (Å²) in [5.41, 5.74) is 2.67. The lowest BCUT2D eigenvalue weighted by molar-refractivity contribution is 0.0944. The highest BCUT2D eigenvalue weighted by atomic mass is 16.1. The van der Waals surface area contributed by atoms with Crippen molar-refractivity contribution in [3.8, 4) is 0 Å². The largest absolute Gasteiger partial charge is 0.350 e. The predicted molar refractivity (Wildman–Crippen MR) is 97.6 cm³/mol. The summed E-state index contributed by atoms with van der Waals surface area (Å²) in [6.45, 7) is 11.3. The summed E-state index contributed by atoms with van der Waals surface area (Å²) in [7, 11) is 0. The van der Waals surface area contributed by atoms with Gasteiger partial charge in [0.25, 0.3) is 5.91 Å². The SMILES string of the molecule is CC(C)CNC(=O)c1cc(Nc2ccc(C(C)(C)C)cc2)ncn1.